The minimum Gasteiger partial charge on any atom is -0.521 e. The second-order valence-electron chi connectivity index (χ2n) is 0. The van der Waals surface area contributed by atoms with Gasteiger partial charge in [0.15, 0.2) is 0 Å². The second-order valence-corrected chi connectivity index (χ2v) is 0. The first-order chi connectivity index (χ1) is 2.00. The molecule has 0 aromatic heterocycles. The van der Waals surface area contributed by atoms with Crippen LogP contribution in [0, 0.1) is 13.2 Å². The Morgan fingerprint density at radius 1 is 0.800 bits per heavy atom. The van der Waals surface area contributed by atoms with E-state index in [9.17, 15) is 0 Å². The van der Waals surface area contributed by atoms with Crippen molar-refractivity contribution in [2.24, 2.45) is 0 Å². The molecule has 0 radical (unpaired) electrons. The first-order valence-electron chi connectivity index (χ1n) is 0.816. The van der Waals surface area contributed by atoms with Crippen LogP contribution < -0.4 is 0 Å². The average molecular weight is 94.2 g/mol. The van der Waals surface area contributed by atoms with E-state index in [1.54, 1.807) is 0 Å². The van der Waals surface area contributed by atoms with Crippen molar-refractivity contribution in [2.45, 2.75) is 0 Å². The zero-order chi connectivity index (χ0) is 4.00. The van der Waals surface area contributed by atoms with Crippen molar-refractivity contribution in [3.63, 3.8) is 0 Å². The third-order valence-electron chi connectivity index (χ3n) is 0. The molecule has 24 valence electrons. The van der Waals surface area contributed by atoms with E-state index in [0.717, 1.165) is 0 Å². The van der Waals surface area contributed by atoms with Crippen LogP contribution in [0.3, 0.4) is 0 Å². The fourth-order valence-corrected chi connectivity index (χ4v) is 0. The molecule has 0 atom stereocenters. The maximum Gasteiger partial charge on any atom is 2.00 e. The molecule has 0 aliphatic heterocycles. The summed E-state index contributed by atoms with van der Waals surface area (Å²) in [6.07, 6.45) is 0. The molecule has 0 N–H and O–H groups in total. The Hall–Kier alpha value is 0.740. The molecule has 0 rings (SSSR count). The molecule has 0 amide bonds. The SMILES string of the molecule is [CH-]=C.[CH-]=C.[Ca+2]. The van der Waals surface area contributed by atoms with Gasteiger partial charge < -0.3 is 13.2 Å². The first-order valence-corrected chi connectivity index (χ1v) is 0.816. The van der Waals surface area contributed by atoms with E-state index in [2.05, 4.69) is 26.3 Å². The molecule has 0 aliphatic rings. The molecule has 0 saturated carbocycles. The van der Waals surface area contributed by atoms with Gasteiger partial charge in [-0.15, -0.1) is 0 Å². The standard InChI is InChI=1S/2C2H3.Ca/c2*1-2;/h2*1H,2H2;/q2*-1;+2. The summed E-state index contributed by atoms with van der Waals surface area (Å²) < 4.78 is 0. The van der Waals surface area contributed by atoms with E-state index >= 15 is 0 Å². The molecule has 0 aliphatic carbocycles. The summed E-state index contributed by atoms with van der Waals surface area (Å²) >= 11 is 0. The summed E-state index contributed by atoms with van der Waals surface area (Å²) in [4.78, 5) is 0. The zero-order valence-corrected chi connectivity index (χ0v) is 5.48. The van der Waals surface area contributed by atoms with Crippen molar-refractivity contribution in [2.75, 3.05) is 0 Å². The fourth-order valence-electron chi connectivity index (χ4n) is 0. The predicted molar refractivity (Wildman–Crippen MR) is 25.6 cm³/mol. The summed E-state index contributed by atoms with van der Waals surface area (Å²) in [6.45, 7) is 14.0. The Morgan fingerprint density at radius 3 is 0.800 bits per heavy atom. The van der Waals surface area contributed by atoms with Gasteiger partial charge >= 0.3 is 37.7 Å². The number of hydrogen-bond donors (Lipinski definition) is 0. The average Bonchev–Trinajstić information content (AvgIpc) is 1.50. The minimum atomic E-state index is 0. The Kier molecular flexibility index (Phi) is 416. The van der Waals surface area contributed by atoms with Gasteiger partial charge in [0.05, 0.1) is 0 Å². The quantitative estimate of drug-likeness (QED) is 0.308. The van der Waals surface area contributed by atoms with Crippen molar-refractivity contribution >= 4 is 37.7 Å². The molecule has 0 saturated heterocycles. The molecule has 1 heteroatoms. The van der Waals surface area contributed by atoms with Crippen molar-refractivity contribution < 1.29 is 0 Å². The third kappa shape index (κ3) is 65.0. The van der Waals surface area contributed by atoms with Gasteiger partial charge in [-0.3, -0.25) is 13.2 Å². The van der Waals surface area contributed by atoms with Crippen molar-refractivity contribution in [1.29, 1.82) is 0 Å². The maximum absolute atomic E-state index is 4.25. The molecule has 0 bridgehead atoms. The molecule has 0 unspecified atom stereocenters. The summed E-state index contributed by atoms with van der Waals surface area (Å²) in [5.74, 6) is 0. The van der Waals surface area contributed by atoms with Crippen LogP contribution in [0.25, 0.3) is 0 Å². The molecule has 0 fully saturated rings. The summed E-state index contributed by atoms with van der Waals surface area (Å²) in [7, 11) is 0. The van der Waals surface area contributed by atoms with Crippen molar-refractivity contribution in [3.8, 4) is 0 Å². The van der Waals surface area contributed by atoms with Crippen LogP contribution in [0.2, 0.25) is 0 Å². The number of rotatable bonds is 0. The molecule has 0 aromatic carbocycles. The van der Waals surface area contributed by atoms with Gasteiger partial charge in [-0.05, 0) is 0 Å². The van der Waals surface area contributed by atoms with Crippen LogP contribution in [-0.2, 0) is 0 Å². The van der Waals surface area contributed by atoms with Gasteiger partial charge in [0.25, 0.3) is 0 Å². The van der Waals surface area contributed by atoms with Gasteiger partial charge in [0.2, 0.25) is 0 Å². The van der Waals surface area contributed by atoms with E-state index in [1.165, 1.54) is 0 Å². The van der Waals surface area contributed by atoms with E-state index in [-0.39, 0.29) is 37.7 Å². The molecule has 0 spiro atoms. The maximum atomic E-state index is 4.25. The monoisotopic (exact) mass is 94.0 g/mol. The Labute approximate surface area is 63.6 Å². The smallest absolute Gasteiger partial charge is 0.521 e. The summed E-state index contributed by atoms with van der Waals surface area (Å²) in [5.41, 5.74) is 0. The van der Waals surface area contributed by atoms with Crippen LogP contribution in [0.1, 0.15) is 0 Å². The minimum absolute atomic E-state index is 0. The van der Waals surface area contributed by atoms with Gasteiger partial charge in [-0.1, -0.05) is 0 Å². The Balaban J connectivity index is -0.0000000133. The van der Waals surface area contributed by atoms with E-state index < -0.39 is 0 Å². The van der Waals surface area contributed by atoms with Crippen molar-refractivity contribution in [3.05, 3.63) is 26.3 Å². The van der Waals surface area contributed by atoms with E-state index in [1.807, 2.05) is 0 Å². The van der Waals surface area contributed by atoms with Crippen LogP contribution in [0.4, 0.5) is 0 Å². The molecule has 0 nitrogen and oxygen atoms in total. The van der Waals surface area contributed by atoms with Crippen LogP contribution >= 0.6 is 0 Å². The molecule has 0 heterocycles. The van der Waals surface area contributed by atoms with Gasteiger partial charge in [0, 0.05) is 0 Å². The predicted octanol–water partition coefficient (Wildman–Crippen LogP) is 0.830. The topological polar surface area (TPSA) is 0 Å². The van der Waals surface area contributed by atoms with E-state index in [4.69, 9.17) is 0 Å². The second kappa shape index (κ2) is 121. The van der Waals surface area contributed by atoms with Crippen molar-refractivity contribution in [1.82, 2.24) is 0 Å². The van der Waals surface area contributed by atoms with Crippen LogP contribution in [0.5, 0.6) is 0 Å². The van der Waals surface area contributed by atoms with Gasteiger partial charge in [-0.25, -0.2) is 0 Å². The normalized spacial score (nSPS) is 1.60. The zero-order valence-electron chi connectivity index (χ0n) is 3.28. The summed E-state index contributed by atoms with van der Waals surface area (Å²) in [6, 6.07) is 0. The third-order valence-corrected chi connectivity index (χ3v) is 0. The van der Waals surface area contributed by atoms with E-state index in [0.29, 0.717) is 0 Å². The first kappa shape index (κ1) is 17.2. The van der Waals surface area contributed by atoms with Crippen LogP contribution in [0.15, 0.2) is 13.2 Å². The molecular weight excluding hydrogens is 88.1 g/mol. The van der Waals surface area contributed by atoms with Gasteiger partial charge in [0.1, 0.15) is 0 Å². The molecule has 5 heavy (non-hydrogen) atoms. The number of hydrogen-bond acceptors (Lipinski definition) is 0. The van der Waals surface area contributed by atoms with Crippen LogP contribution in [-0.4, -0.2) is 37.7 Å². The molecule has 0 aromatic rings. The Morgan fingerprint density at radius 2 is 0.800 bits per heavy atom. The largest absolute Gasteiger partial charge is 2.00 e. The molecular formula is C4H6Ca. The Bertz CT molecular complexity index is 5.61. The fraction of sp³-hybridized carbons (Fsp3) is 0. The van der Waals surface area contributed by atoms with Gasteiger partial charge in [-0.2, -0.15) is 0 Å². The summed E-state index contributed by atoms with van der Waals surface area (Å²) in [5, 5.41) is 0.